The van der Waals surface area contributed by atoms with Gasteiger partial charge in [0.05, 0.1) is 33.4 Å². The summed E-state index contributed by atoms with van der Waals surface area (Å²) < 4.78 is 74.1. The number of rotatable bonds is 7. The van der Waals surface area contributed by atoms with Gasteiger partial charge >= 0.3 is 10.1 Å². The molecule has 2 atom stereocenters. The molecule has 1 N–H and O–H groups in total. The number of benzene rings is 4. The smallest absolute Gasteiger partial charge is 0.320 e. The van der Waals surface area contributed by atoms with Crippen LogP contribution in [-0.4, -0.2) is 43.6 Å². The number of hydrogen-bond acceptors (Lipinski definition) is 7. The first-order valence-corrected chi connectivity index (χ1v) is 21.4. The minimum atomic E-state index is -4.35. The summed E-state index contributed by atoms with van der Waals surface area (Å²) in [7, 11) is -8.69. The topological polar surface area (TPSA) is 115 Å². The van der Waals surface area contributed by atoms with Gasteiger partial charge in [0.1, 0.15) is 4.70 Å². The summed E-state index contributed by atoms with van der Waals surface area (Å²) in [5.41, 5.74) is 4.07. The van der Waals surface area contributed by atoms with Crippen molar-refractivity contribution in [2.75, 3.05) is 12.3 Å². The summed E-state index contributed by atoms with van der Waals surface area (Å²) in [4.78, 5) is 1.01. The first-order valence-electron chi connectivity index (χ1n) is 16.7. The van der Waals surface area contributed by atoms with E-state index in [2.05, 4.69) is 73.0 Å². The fourth-order valence-electron chi connectivity index (χ4n) is 8.17. The number of quaternary nitrogens is 1. The van der Waals surface area contributed by atoms with Crippen molar-refractivity contribution in [1.82, 2.24) is 4.48 Å². The largest absolute Gasteiger partial charge is 0.748 e. The minimum absolute atomic E-state index is 0.0944. The Balaban J connectivity index is 1.26. The summed E-state index contributed by atoms with van der Waals surface area (Å²) in [6, 6.07) is 24.5. The van der Waals surface area contributed by atoms with Crippen LogP contribution in [0.25, 0.3) is 37.8 Å². The first-order chi connectivity index (χ1) is 23.7. The highest BCUT2D eigenvalue weighted by molar-refractivity contribution is 8.03. The number of aryl methyl sites for hydroxylation is 1. The van der Waals surface area contributed by atoms with E-state index in [-0.39, 0.29) is 16.3 Å². The number of allylic oxidation sites excluding steroid dienone is 4. The van der Waals surface area contributed by atoms with Gasteiger partial charge in [-0.2, -0.15) is 13.0 Å². The fourth-order valence-corrected chi connectivity index (χ4v) is 12.5. The first kappa shape index (κ1) is 33.8. The van der Waals surface area contributed by atoms with Crippen molar-refractivity contribution in [3.8, 4) is 0 Å². The Morgan fingerprint density at radius 1 is 0.940 bits per heavy atom. The summed E-state index contributed by atoms with van der Waals surface area (Å²) >= 11 is 3.24. The lowest BCUT2D eigenvalue weighted by Gasteiger charge is -2.47. The molecule has 0 saturated carbocycles. The molecule has 5 aromatic rings. The van der Waals surface area contributed by atoms with Crippen LogP contribution in [-0.2, 0) is 26.8 Å². The Morgan fingerprint density at radius 2 is 1.64 bits per heavy atom. The molecule has 1 fully saturated rings. The number of thioether (sulfide) groups is 1. The third-order valence-corrected chi connectivity index (χ3v) is 14.5. The molecule has 0 radical (unpaired) electrons. The zero-order valence-corrected chi connectivity index (χ0v) is 31.0. The molecule has 4 aromatic carbocycles. The lowest BCUT2D eigenvalue weighted by molar-refractivity contribution is -0.667. The van der Waals surface area contributed by atoms with Crippen LogP contribution in [0, 0.1) is 5.41 Å². The second-order valence-electron chi connectivity index (χ2n) is 14.4. The highest BCUT2D eigenvalue weighted by atomic mass is 32.2. The van der Waals surface area contributed by atoms with E-state index in [0.717, 1.165) is 76.4 Å². The quantitative estimate of drug-likeness (QED) is 0.102. The minimum Gasteiger partial charge on any atom is -0.748 e. The molecule has 0 bridgehead atoms. The van der Waals surface area contributed by atoms with Gasteiger partial charge in [0, 0.05) is 29.7 Å². The van der Waals surface area contributed by atoms with Crippen LogP contribution in [0.3, 0.4) is 0 Å². The molecule has 3 aliphatic rings. The van der Waals surface area contributed by atoms with Gasteiger partial charge < -0.3 is 4.55 Å². The average molecular weight is 746 g/mol. The SMILES string of the molecule is CC1(C)CC(C=C2Sc3ccc4ccccc4c3[N+]23CCC3S(=O)(=O)O)=CC(=Cc2sc3ccc4ccccc4c3[n+]2CCCS(=O)(=O)[O-])C1. The van der Waals surface area contributed by atoms with Crippen LogP contribution < -0.4 is 9.05 Å². The number of fused-ring (bicyclic) bond motifs is 7. The molecule has 1 spiro atoms. The molecule has 12 heteroatoms. The van der Waals surface area contributed by atoms with Gasteiger partial charge in [0.15, 0.2) is 17.3 Å². The van der Waals surface area contributed by atoms with E-state index in [1.807, 2.05) is 36.4 Å². The molecule has 3 heterocycles. The molecular formula is C38H37N2O6S4+. The number of hydrogen-bond donors (Lipinski definition) is 1. The van der Waals surface area contributed by atoms with Crippen LogP contribution in [0.15, 0.2) is 106 Å². The van der Waals surface area contributed by atoms with E-state index in [1.165, 1.54) is 0 Å². The fraction of sp³-hybridized carbons (Fsp3) is 0.289. The van der Waals surface area contributed by atoms with Gasteiger partial charge in [-0.1, -0.05) is 79.8 Å². The van der Waals surface area contributed by atoms with E-state index < -0.39 is 31.4 Å². The van der Waals surface area contributed by atoms with E-state index >= 15 is 0 Å². The molecule has 1 aliphatic carbocycles. The van der Waals surface area contributed by atoms with E-state index in [1.54, 1.807) is 23.1 Å². The molecule has 2 unspecified atom stereocenters. The maximum absolute atomic E-state index is 12.9. The highest BCUT2D eigenvalue weighted by Crippen LogP contribution is 2.60. The van der Waals surface area contributed by atoms with Crippen molar-refractivity contribution in [3.05, 3.63) is 106 Å². The molecule has 258 valence electrons. The van der Waals surface area contributed by atoms with Crippen LogP contribution in [0.4, 0.5) is 5.69 Å². The number of thiazole rings is 1. The molecular weight excluding hydrogens is 709 g/mol. The van der Waals surface area contributed by atoms with Crippen molar-refractivity contribution >= 4 is 86.9 Å². The summed E-state index contributed by atoms with van der Waals surface area (Å²) in [5, 5.41) is 5.10. The van der Waals surface area contributed by atoms with Crippen LogP contribution in [0.1, 0.15) is 44.5 Å². The van der Waals surface area contributed by atoms with Crippen molar-refractivity contribution < 1.29 is 30.5 Å². The third kappa shape index (κ3) is 5.94. The van der Waals surface area contributed by atoms with E-state index in [9.17, 15) is 25.9 Å². The molecule has 8 nitrogen and oxygen atoms in total. The Bertz CT molecular complexity index is 2550. The van der Waals surface area contributed by atoms with Crippen LogP contribution in [0.5, 0.6) is 0 Å². The van der Waals surface area contributed by atoms with E-state index in [0.29, 0.717) is 19.5 Å². The monoisotopic (exact) mass is 745 g/mol. The lowest BCUT2D eigenvalue weighted by Crippen LogP contribution is -2.66. The Hall–Kier alpha value is -3.36. The normalized spacial score (nSPS) is 23.6. The maximum Gasteiger partial charge on any atom is 0.320 e. The van der Waals surface area contributed by atoms with Crippen molar-refractivity contribution in [3.63, 3.8) is 0 Å². The summed E-state index contributed by atoms with van der Waals surface area (Å²) in [5.74, 6) is -0.428. The summed E-state index contributed by atoms with van der Waals surface area (Å²) in [6.07, 6.45) is 8.73. The van der Waals surface area contributed by atoms with Gasteiger partial charge in [0.25, 0.3) is 5.01 Å². The summed E-state index contributed by atoms with van der Waals surface area (Å²) in [6.45, 7) is 5.44. The second-order valence-corrected chi connectivity index (χ2v) is 19.6. The third-order valence-electron chi connectivity index (χ3n) is 10.2. The van der Waals surface area contributed by atoms with Gasteiger partial charge in [-0.25, -0.2) is 12.9 Å². The van der Waals surface area contributed by atoms with Crippen molar-refractivity contribution in [1.29, 1.82) is 0 Å². The molecule has 8 rings (SSSR count). The van der Waals surface area contributed by atoms with E-state index in [4.69, 9.17) is 0 Å². The maximum atomic E-state index is 12.9. The van der Waals surface area contributed by atoms with Crippen molar-refractivity contribution in [2.45, 2.75) is 56.3 Å². The molecule has 1 saturated heterocycles. The number of nitrogens with zero attached hydrogens (tertiary/aromatic N) is 2. The zero-order chi connectivity index (χ0) is 35.1. The molecule has 1 aromatic heterocycles. The Morgan fingerprint density at radius 3 is 2.34 bits per heavy atom. The molecule has 0 amide bonds. The second kappa shape index (κ2) is 12.1. The van der Waals surface area contributed by atoms with Gasteiger partial charge in [0.2, 0.25) is 10.9 Å². The molecule has 50 heavy (non-hydrogen) atoms. The lowest BCUT2D eigenvalue weighted by atomic mass is 9.75. The van der Waals surface area contributed by atoms with Crippen LogP contribution in [0.2, 0.25) is 0 Å². The standard InChI is InChI=1S/C38H36N2O6S4/c1-38(2)23-25(21-33-39(17-7-19-49(41,42)43)36-29-10-5-3-8-27(29)12-14-31(36)47-33)20-26(24-38)22-34-40(18-16-35(40)50(44,45)46)37-30-11-6-4-9-28(30)13-15-32(37)48-34/h3-6,8-15,20-22,35H,7,16-19,23-24H2,1-2H3/p+1. The Kier molecular flexibility index (Phi) is 8.18. The predicted octanol–water partition coefficient (Wildman–Crippen LogP) is 8.13. The van der Waals surface area contributed by atoms with Crippen molar-refractivity contribution in [2.24, 2.45) is 5.41 Å². The Labute approximate surface area is 300 Å². The van der Waals surface area contributed by atoms with Gasteiger partial charge in [-0.15, -0.1) is 0 Å². The van der Waals surface area contributed by atoms with Gasteiger partial charge in [-0.3, -0.25) is 4.55 Å². The van der Waals surface area contributed by atoms with Crippen LogP contribution >= 0.6 is 23.1 Å². The number of aromatic nitrogens is 1. The predicted molar refractivity (Wildman–Crippen MR) is 202 cm³/mol. The average Bonchev–Trinajstić information content (AvgIpc) is 3.54. The zero-order valence-electron chi connectivity index (χ0n) is 27.7. The molecule has 2 aliphatic heterocycles. The van der Waals surface area contributed by atoms with Gasteiger partial charge in [-0.05, 0) is 76.2 Å². The highest BCUT2D eigenvalue weighted by Gasteiger charge is 2.62.